The zero-order valence-corrected chi connectivity index (χ0v) is 34.6. The van der Waals surface area contributed by atoms with E-state index >= 15 is 4.79 Å². The summed E-state index contributed by atoms with van der Waals surface area (Å²) in [6, 6.07) is 18.2. The summed E-state index contributed by atoms with van der Waals surface area (Å²) in [6.07, 6.45) is 4.69. The van der Waals surface area contributed by atoms with Gasteiger partial charge >= 0.3 is 5.76 Å². The van der Waals surface area contributed by atoms with Crippen molar-refractivity contribution in [1.29, 1.82) is 0 Å². The predicted octanol–water partition coefficient (Wildman–Crippen LogP) is 5.99. The minimum atomic E-state index is -0.785. The zero-order valence-electron chi connectivity index (χ0n) is 34.6. The highest BCUT2D eigenvalue weighted by Crippen LogP contribution is 2.56. The lowest BCUT2D eigenvalue weighted by molar-refractivity contribution is 0.0717. The Balaban J connectivity index is 0.977. The SMILES string of the molecule is Cc1cc(-n2c(N3CC(c4ccc5c(cnn5C)c4)C3)nc3c(c2=O)CCN(C(=O)c2cc4cc(C5CCOCC5)ccc4n2[C@]2(c4noc(=O)[nH]4)C[C@H]2C)C3)cc(C)c1F. The van der Waals surface area contributed by atoms with Crippen LogP contribution in [0.3, 0.4) is 0 Å². The molecule has 3 fully saturated rings. The van der Waals surface area contributed by atoms with Gasteiger partial charge in [-0.3, -0.25) is 23.8 Å². The first kappa shape index (κ1) is 37.6. The fourth-order valence-corrected chi connectivity index (χ4v) is 10.3. The fourth-order valence-electron chi connectivity index (χ4n) is 10.3. The lowest BCUT2D eigenvalue weighted by atomic mass is 9.91. The summed E-state index contributed by atoms with van der Waals surface area (Å²) in [4.78, 5) is 54.0. The molecule has 1 aliphatic carbocycles. The van der Waals surface area contributed by atoms with Crippen LogP contribution < -0.4 is 16.2 Å². The van der Waals surface area contributed by atoms with Crippen molar-refractivity contribution in [1.82, 2.24) is 38.9 Å². The van der Waals surface area contributed by atoms with E-state index in [9.17, 15) is 14.0 Å². The number of aryl methyl sites for hydroxylation is 3. The van der Waals surface area contributed by atoms with Crippen molar-refractivity contribution in [2.75, 3.05) is 37.7 Å². The van der Waals surface area contributed by atoms with Crippen LogP contribution in [-0.4, -0.2) is 77.7 Å². The number of nitrogens with one attached hydrogen (secondary N) is 1. The number of benzene rings is 3. The number of fused-ring (bicyclic) bond motifs is 3. The Morgan fingerprint density at radius 3 is 2.34 bits per heavy atom. The predicted molar refractivity (Wildman–Crippen MR) is 226 cm³/mol. The van der Waals surface area contributed by atoms with Gasteiger partial charge in [0.1, 0.15) is 17.1 Å². The highest BCUT2D eigenvalue weighted by molar-refractivity contribution is 5.99. The van der Waals surface area contributed by atoms with Gasteiger partial charge in [0, 0.05) is 67.7 Å². The molecule has 0 bridgehead atoms. The molecule has 0 radical (unpaired) electrons. The van der Waals surface area contributed by atoms with Gasteiger partial charge < -0.3 is 19.1 Å². The maximum Gasteiger partial charge on any atom is 0.438 e. The number of ether oxygens (including phenoxy) is 1. The molecule has 1 amide bonds. The average molecular weight is 824 g/mol. The molecule has 4 aromatic heterocycles. The molecule has 312 valence electrons. The number of H-pyrrole nitrogens is 1. The van der Waals surface area contributed by atoms with Crippen molar-refractivity contribution in [3.63, 3.8) is 0 Å². The normalized spacial score (nSPS) is 20.7. The van der Waals surface area contributed by atoms with Gasteiger partial charge in [-0.15, -0.1) is 0 Å². The third kappa shape index (κ3) is 5.91. The lowest BCUT2D eigenvalue weighted by Gasteiger charge is -2.42. The maximum atomic E-state index is 15.1. The third-order valence-corrected chi connectivity index (χ3v) is 13.8. The Morgan fingerprint density at radius 1 is 0.934 bits per heavy atom. The Hall–Kier alpha value is -6.35. The van der Waals surface area contributed by atoms with Gasteiger partial charge in [0.05, 0.1) is 29.6 Å². The number of halogens is 1. The molecule has 1 N–H and O–H groups in total. The summed E-state index contributed by atoms with van der Waals surface area (Å²) in [6.45, 7) is 8.60. The third-order valence-electron chi connectivity index (χ3n) is 13.8. The molecule has 3 aromatic carbocycles. The number of aromatic nitrogens is 7. The number of amides is 1. The summed E-state index contributed by atoms with van der Waals surface area (Å²) >= 11 is 0. The topological polar surface area (TPSA) is 149 Å². The van der Waals surface area contributed by atoms with Crippen LogP contribution in [0.5, 0.6) is 0 Å². The lowest BCUT2D eigenvalue weighted by Crippen LogP contribution is -2.49. The van der Waals surface area contributed by atoms with Crippen molar-refractivity contribution < 1.29 is 18.4 Å². The summed E-state index contributed by atoms with van der Waals surface area (Å²) in [5, 5.41) is 10.6. The Morgan fingerprint density at radius 2 is 1.64 bits per heavy atom. The summed E-state index contributed by atoms with van der Waals surface area (Å²) in [7, 11) is 1.93. The second kappa shape index (κ2) is 13.8. The van der Waals surface area contributed by atoms with Crippen LogP contribution in [0, 0.1) is 25.6 Å². The Labute approximate surface area is 349 Å². The molecule has 4 aliphatic rings. The highest BCUT2D eigenvalue weighted by atomic mass is 19.1. The van der Waals surface area contributed by atoms with Crippen LogP contribution in [-0.2, 0) is 30.3 Å². The second-order valence-electron chi connectivity index (χ2n) is 17.6. The van der Waals surface area contributed by atoms with E-state index in [0.717, 1.165) is 47.9 Å². The molecule has 0 spiro atoms. The molecule has 7 aromatic rings. The van der Waals surface area contributed by atoms with Crippen LogP contribution in [0.25, 0.3) is 27.5 Å². The van der Waals surface area contributed by atoms with E-state index in [1.165, 1.54) is 11.1 Å². The summed E-state index contributed by atoms with van der Waals surface area (Å²) in [5.74, 6) is 0.325. The molecule has 3 aliphatic heterocycles. The largest absolute Gasteiger partial charge is 0.438 e. The molecule has 11 rings (SSSR count). The van der Waals surface area contributed by atoms with Gasteiger partial charge in [-0.05, 0) is 116 Å². The monoisotopic (exact) mass is 823 g/mol. The van der Waals surface area contributed by atoms with Crippen LogP contribution in [0.15, 0.2) is 74.9 Å². The van der Waals surface area contributed by atoms with Crippen molar-refractivity contribution in [2.24, 2.45) is 13.0 Å². The maximum absolute atomic E-state index is 15.1. The number of aromatic amines is 1. The van der Waals surface area contributed by atoms with Crippen molar-refractivity contribution in [3.05, 3.63) is 133 Å². The molecule has 15 heteroatoms. The zero-order chi connectivity index (χ0) is 41.9. The van der Waals surface area contributed by atoms with Crippen molar-refractivity contribution in [3.8, 4) is 5.69 Å². The number of hydrogen-bond donors (Lipinski definition) is 1. The Kier molecular flexibility index (Phi) is 8.54. The minimum absolute atomic E-state index is 0.0562. The standard InChI is InChI=1S/C46H46FN9O5/c1-25-15-34(16-26(2)40(25)47)55-41(57)35-9-12-53(24-36(35)49-44(55)54-22-33(23-54)30-5-7-37-32(18-30)21-48-52(37)4)42(58)39-19-31-17-29(28-10-13-60-14-11-28)6-8-38(31)56(39)46(20-27(46)3)43-50-45(59)61-51-43/h5-8,15-19,21,27-28,33H,9-14,20,22-24H2,1-4H3,(H,50,51,59)/t27-,46-/m1/s1. The van der Waals surface area contributed by atoms with Gasteiger partial charge in [-0.1, -0.05) is 24.2 Å². The minimum Gasteiger partial charge on any atom is -0.381 e. The van der Waals surface area contributed by atoms with Gasteiger partial charge in [0.25, 0.3) is 11.5 Å². The van der Waals surface area contributed by atoms with Crippen LogP contribution in [0.1, 0.15) is 87.8 Å². The average Bonchev–Trinajstić information content (AvgIpc) is 3.55. The first-order valence-corrected chi connectivity index (χ1v) is 21.2. The van der Waals surface area contributed by atoms with Crippen LogP contribution in [0.2, 0.25) is 0 Å². The number of carbonyl (C=O) groups excluding carboxylic acids is 1. The molecule has 14 nitrogen and oxygen atoms in total. The first-order valence-electron chi connectivity index (χ1n) is 21.2. The first-order chi connectivity index (χ1) is 29.5. The molecule has 2 atom stereocenters. The molecular weight excluding hydrogens is 778 g/mol. The van der Waals surface area contributed by atoms with Gasteiger partial charge in [-0.25, -0.2) is 18.7 Å². The molecule has 1 saturated carbocycles. The molecule has 61 heavy (non-hydrogen) atoms. The number of carbonyl (C=O) groups is 1. The number of nitrogens with zero attached hydrogens (tertiary/aromatic N) is 8. The fraction of sp³-hybridized carbons (Fsp3) is 0.391. The smallest absolute Gasteiger partial charge is 0.381 e. The van der Waals surface area contributed by atoms with E-state index < -0.39 is 11.3 Å². The molecular formula is C46H46FN9O5. The van der Waals surface area contributed by atoms with E-state index in [2.05, 4.69) is 63.5 Å². The molecule has 7 heterocycles. The van der Waals surface area contributed by atoms with E-state index in [1.54, 1.807) is 35.4 Å². The van der Waals surface area contributed by atoms with E-state index in [1.807, 2.05) is 28.6 Å². The van der Waals surface area contributed by atoms with Gasteiger partial charge in [0.2, 0.25) is 5.95 Å². The Bertz CT molecular complexity index is 3030. The van der Waals surface area contributed by atoms with E-state index in [0.29, 0.717) is 83.9 Å². The summed E-state index contributed by atoms with van der Waals surface area (Å²) < 4.78 is 31.2. The number of anilines is 1. The summed E-state index contributed by atoms with van der Waals surface area (Å²) in [5.41, 5.74) is 6.32. The van der Waals surface area contributed by atoms with E-state index in [-0.39, 0.29) is 35.7 Å². The van der Waals surface area contributed by atoms with Crippen LogP contribution in [0.4, 0.5) is 10.3 Å². The second-order valence-corrected chi connectivity index (χ2v) is 17.6. The van der Waals surface area contributed by atoms with Crippen LogP contribution >= 0.6 is 0 Å². The quantitative estimate of drug-likeness (QED) is 0.205. The molecule has 0 unspecified atom stereocenters. The van der Waals surface area contributed by atoms with Gasteiger partial charge in [-0.2, -0.15) is 5.10 Å². The number of rotatable bonds is 7. The highest BCUT2D eigenvalue weighted by Gasteiger charge is 2.59. The van der Waals surface area contributed by atoms with Crippen molar-refractivity contribution in [2.45, 2.75) is 70.4 Å². The van der Waals surface area contributed by atoms with Gasteiger partial charge in [0.15, 0.2) is 5.82 Å². The molecule has 2 saturated heterocycles. The van der Waals surface area contributed by atoms with E-state index in [4.69, 9.17) is 14.2 Å². The van der Waals surface area contributed by atoms with Crippen molar-refractivity contribution >= 4 is 33.7 Å². The number of hydrogen-bond acceptors (Lipinski definition) is 9.